The Morgan fingerprint density at radius 3 is 2.42 bits per heavy atom. The summed E-state index contributed by atoms with van der Waals surface area (Å²) in [5, 5.41) is 11.9. The van der Waals surface area contributed by atoms with Crippen LogP contribution in [0.3, 0.4) is 0 Å². The summed E-state index contributed by atoms with van der Waals surface area (Å²) in [5.74, 6) is 2.67. The third kappa shape index (κ3) is 4.00. The molecule has 0 aromatic carbocycles. The molecule has 0 fully saturated rings. The number of nitrogens with one attached hydrogen (secondary N) is 1. The molecule has 138 valence electrons. The Morgan fingerprint density at radius 2 is 1.73 bits per heavy atom. The SMILES string of the molecule is CC(C)(C)c1cc(NCCc2nnc3ccccn23)nc(C(C)(C)C)n1. The van der Waals surface area contributed by atoms with E-state index in [4.69, 9.17) is 9.97 Å². The molecule has 3 rings (SSSR count). The number of hydrogen-bond acceptors (Lipinski definition) is 5. The van der Waals surface area contributed by atoms with Crippen LogP contribution < -0.4 is 5.32 Å². The molecule has 6 nitrogen and oxygen atoms in total. The number of hydrogen-bond donors (Lipinski definition) is 1. The molecule has 0 unspecified atom stereocenters. The maximum atomic E-state index is 4.80. The zero-order chi connectivity index (χ0) is 18.9. The number of anilines is 1. The summed E-state index contributed by atoms with van der Waals surface area (Å²) in [6, 6.07) is 7.97. The van der Waals surface area contributed by atoms with Gasteiger partial charge in [0.15, 0.2) is 5.65 Å². The van der Waals surface area contributed by atoms with Crippen LogP contribution in [0.5, 0.6) is 0 Å². The second-order valence-corrected chi connectivity index (χ2v) is 8.68. The molecular weight excluding hydrogens is 324 g/mol. The lowest BCUT2D eigenvalue weighted by molar-refractivity contribution is 0.514. The Bertz CT molecular complexity index is 866. The fraction of sp³-hybridized carbons (Fsp3) is 0.500. The van der Waals surface area contributed by atoms with E-state index in [-0.39, 0.29) is 10.8 Å². The fourth-order valence-corrected chi connectivity index (χ4v) is 2.62. The summed E-state index contributed by atoms with van der Waals surface area (Å²) in [6.07, 6.45) is 2.76. The average Bonchev–Trinajstić information content (AvgIpc) is 2.96. The van der Waals surface area contributed by atoms with Gasteiger partial charge in [0, 0.05) is 36.1 Å². The van der Waals surface area contributed by atoms with Crippen LogP contribution in [-0.2, 0) is 17.3 Å². The van der Waals surface area contributed by atoms with Crippen LogP contribution >= 0.6 is 0 Å². The van der Waals surface area contributed by atoms with Gasteiger partial charge in [-0.2, -0.15) is 0 Å². The van der Waals surface area contributed by atoms with E-state index in [1.165, 1.54) is 0 Å². The van der Waals surface area contributed by atoms with Crippen LogP contribution in [0.2, 0.25) is 0 Å². The predicted octanol–water partition coefficient (Wildman–Crippen LogP) is 3.77. The van der Waals surface area contributed by atoms with E-state index in [0.717, 1.165) is 41.8 Å². The highest BCUT2D eigenvalue weighted by Crippen LogP contribution is 2.26. The van der Waals surface area contributed by atoms with Crippen LogP contribution in [0.1, 0.15) is 58.9 Å². The van der Waals surface area contributed by atoms with Crippen LogP contribution in [0.4, 0.5) is 5.82 Å². The van der Waals surface area contributed by atoms with Gasteiger partial charge in [-0.15, -0.1) is 10.2 Å². The standard InChI is InChI=1S/C20H28N6/c1-19(2,3)14-13-15(23-18(22-14)20(4,5)6)21-11-10-17-25-24-16-9-7-8-12-26(16)17/h7-9,12-13H,10-11H2,1-6H3,(H,21,22,23). The minimum Gasteiger partial charge on any atom is -0.370 e. The van der Waals surface area contributed by atoms with Crippen molar-refractivity contribution in [3.8, 4) is 0 Å². The molecular formula is C20H28N6. The first-order valence-corrected chi connectivity index (χ1v) is 9.07. The first-order chi connectivity index (χ1) is 12.1. The number of pyridine rings is 1. The molecule has 0 atom stereocenters. The third-order valence-electron chi connectivity index (χ3n) is 4.20. The zero-order valence-electron chi connectivity index (χ0n) is 16.5. The summed E-state index contributed by atoms with van der Waals surface area (Å²) in [4.78, 5) is 9.53. The molecule has 3 aromatic rings. The number of fused-ring (bicyclic) bond motifs is 1. The Hall–Kier alpha value is -2.50. The van der Waals surface area contributed by atoms with E-state index in [1.807, 2.05) is 28.8 Å². The van der Waals surface area contributed by atoms with Gasteiger partial charge in [0.1, 0.15) is 17.5 Å². The van der Waals surface area contributed by atoms with Crippen molar-refractivity contribution in [3.05, 3.63) is 47.8 Å². The lowest BCUT2D eigenvalue weighted by atomic mass is 9.90. The Morgan fingerprint density at radius 1 is 0.962 bits per heavy atom. The Kier molecular flexibility index (Phi) is 4.69. The van der Waals surface area contributed by atoms with Crippen molar-refractivity contribution in [3.63, 3.8) is 0 Å². The van der Waals surface area contributed by atoms with Crippen molar-refractivity contribution in [2.24, 2.45) is 0 Å². The molecule has 0 aliphatic heterocycles. The normalized spacial score (nSPS) is 12.5. The van der Waals surface area contributed by atoms with Crippen molar-refractivity contribution >= 4 is 11.5 Å². The zero-order valence-corrected chi connectivity index (χ0v) is 16.5. The van der Waals surface area contributed by atoms with Crippen molar-refractivity contribution in [2.75, 3.05) is 11.9 Å². The molecule has 0 aliphatic carbocycles. The monoisotopic (exact) mass is 352 g/mol. The van der Waals surface area contributed by atoms with Gasteiger partial charge in [-0.3, -0.25) is 4.40 Å². The van der Waals surface area contributed by atoms with E-state index in [1.54, 1.807) is 0 Å². The fourth-order valence-electron chi connectivity index (χ4n) is 2.62. The lowest BCUT2D eigenvalue weighted by Gasteiger charge is -2.24. The van der Waals surface area contributed by atoms with Crippen LogP contribution in [0, 0.1) is 0 Å². The first kappa shape index (κ1) is 18.3. The van der Waals surface area contributed by atoms with Crippen molar-refractivity contribution in [2.45, 2.75) is 58.8 Å². The van der Waals surface area contributed by atoms with Crippen LogP contribution in [-0.4, -0.2) is 31.1 Å². The summed E-state index contributed by atoms with van der Waals surface area (Å²) in [7, 11) is 0. The lowest BCUT2D eigenvalue weighted by Crippen LogP contribution is -2.23. The first-order valence-electron chi connectivity index (χ1n) is 9.07. The third-order valence-corrected chi connectivity index (χ3v) is 4.20. The van der Waals surface area contributed by atoms with E-state index in [0.29, 0.717) is 0 Å². The minimum absolute atomic E-state index is 0.0252. The highest BCUT2D eigenvalue weighted by Gasteiger charge is 2.23. The maximum Gasteiger partial charge on any atom is 0.160 e. The molecule has 0 aliphatic rings. The largest absolute Gasteiger partial charge is 0.370 e. The molecule has 1 N–H and O–H groups in total. The van der Waals surface area contributed by atoms with E-state index >= 15 is 0 Å². The van der Waals surface area contributed by atoms with Crippen LogP contribution in [0.15, 0.2) is 30.5 Å². The smallest absolute Gasteiger partial charge is 0.160 e. The summed E-state index contributed by atoms with van der Waals surface area (Å²) >= 11 is 0. The molecule has 0 bridgehead atoms. The molecule has 0 spiro atoms. The topological polar surface area (TPSA) is 68.0 Å². The summed E-state index contributed by atoms with van der Waals surface area (Å²) in [5.41, 5.74) is 1.80. The number of aromatic nitrogens is 5. The quantitative estimate of drug-likeness (QED) is 0.774. The molecule has 26 heavy (non-hydrogen) atoms. The molecule has 3 heterocycles. The van der Waals surface area contributed by atoms with Crippen LogP contribution in [0.25, 0.3) is 5.65 Å². The Labute approximate surface area is 155 Å². The average molecular weight is 352 g/mol. The highest BCUT2D eigenvalue weighted by atomic mass is 15.2. The summed E-state index contributed by atoms with van der Waals surface area (Å²) < 4.78 is 2.02. The minimum atomic E-state index is -0.0963. The van der Waals surface area contributed by atoms with Gasteiger partial charge < -0.3 is 5.32 Å². The van der Waals surface area contributed by atoms with Gasteiger partial charge >= 0.3 is 0 Å². The van der Waals surface area contributed by atoms with Crippen molar-refractivity contribution in [1.82, 2.24) is 24.6 Å². The second kappa shape index (κ2) is 6.67. The predicted molar refractivity (Wildman–Crippen MR) is 105 cm³/mol. The molecule has 6 heteroatoms. The van der Waals surface area contributed by atoms with Gasteiger partial charge in [0.05, 0.1) is 5.69 Å². The molecule has 0 saturated heterocycles. The maximum absolute atomic E-state index is 4.80. The van der Waals surface area contributed by atoms with Gasteiger partial charge in [-0.05, 0) is 12.1 Å². The van der Waals surface area contributed by atoms with Gasteiger partial charge in [0.25, 0.3) is 0 Å². The summed E-state index contributed by atoms with van der Waals surface area (Å²) in [6.45, 7) is 13.7. The molecule has 3 aromatic heterocycles. The number of nitrogens with zero attached hydrogens (tertiary/aromatic N) is 5. The van der Waals surface area contributed by atoms with E-state index in [9.17, 15) is 0 Å². The highest BCUT2D eigenvalue weighted by molar-refractivity contribution is 5.40. The Balaban J connectivity index is 1.78. The molecule has 0 saturated carbocycles. The second-order valence-electron chi connectivity index (χ2n) is 8.68. The van der Waals surface area contributed by atoms with Gasteiger partial charge in [-0.1, -0.05) is 47.6 Å². The molecule has 0 radical (unpaired) electrons. The molecule has 0 amide bonds. The van der Waals surface area contributed by atoms with E-state index < -0.39 is 0 Å². The van der Waals surface area contributed by atoms with E-state index in [2.05, 4.69) is 63.1 Å². The van der Waals surface area contributed by atoms with Crippen molar-refractivity contribution < 1.29 is 0 Å². The van der Waals surface area contributed by atoms with Gasteiger partial charge in [0.2, 0.25) is 0 Å². The number of rotatable bonds is 4. The van der Waals surface area contributed by atoms with Gasteiger partial charge in [-0.25, -0.2) is 9.97 Å². The van der Waals surface area contributed by atoms with Crippen molar-refractivity contribution in [1.29, 1.82) is 0 Å².